The monoisotopic (exact) mass is 254 g/mol. The Labute approximate surface area is 91.4 Å². The van der Waals surface area contributed by atoms with Crippen molar-refractivity contribution < 1.29 is 9.90 Å². The molecule has 74 valence electrons. The molecule has 0 aliphatic heterocycles. The van der Waals surface area contributed by atoms with Crippen LogP contribution in [0.15, 0.2) is 30.3 Å². The molecular formula is C11H11BrO2. The lowest BCUT2D eigenvalue weighted by Gasteiger charge is -1.95. The van der Waals surface area contributed by atoms with Gasteiger partial charge in [0, 0.05) is 5.33 Å². The number of hydrogen-bond acceptors (Lipinski definition) is 1. The first-order chi connectivity index (χ1) is 6.74. The molecular weight excluding hydrogens is 244 g/mol. The third-order valence-electron chi connectivity index (χ3n) is 1.74. The van der Waals surface area contributed by atoms with Crippen LogP contribution in [-0.4, -0.2) is 16.4 Å². The van der Waals surface area contributed by atoms with E-state index in [-0.39, 0.29) is 0 Å². The minimum Gasteiger partial charge on any atom is -0.478 e. The van der Waals surface area contributed by atoms with Gasteiger partial charge in [0.25, 0.3) is 0 Å². The minimum atomic E-state index is -0.888. The van der Waals surface area contributed by atoms with E-state index in [0.29, 0.717) is 5.56 Å². The van der Waals surface area contributed by atoms with Crippen molar-refractivity contribution in [3.8, 4) is 0 Å². The minimum absolute atomic E-state index is 0.322. The van der Waals surface area contributed by atoms with E-state index >= 15 is 0 Å². The summed E-state index contributed by atoms with van der Waals surface area (Å²) >= 11 is 3.32. The summed E-state index contributed by atoms with van der Waals surface area (Å²) in [5, 5.41) is 9.61. The fourth-order valence-electron chi connectivity index (χ4n) is 1.02. The van der Waals surface area contributed by atoms with Gasteiger partial charge in [-0.3, -0.25) is 0 Å². The number of alkyl halides is 1. The molecule has 0 radical (unpaired) electrons. The maximum Gasteiger partial charge on any atom is 0.335 e. The summed E-state index contributed by atoms with van der Waals surface area (Å²) in [7, 11) is 0. The molecule has 14 heavy (non-hydrogen) atoms. The number of benzene rings is 1. The number of hydrogen-bond donors (Lipinski definition) is 1. The highest BCUT2D eigenvalue weighted by Gasteiger charge is 1.99. The molecule has 0 aromatic heterocycles. The quantitative estimate of drug-likeness (QED) is 0.839. The molecule has 0 aliphatic carbocycles. The van der Waals surface area contributed by atoms with Crippen molar-refractivity contribution in [2.75, 3.05) is 5.33 Å². The number of rotatable bonds is 4. The SMILES string of the molecule is O=C(O)c1ccc(C=CCCBr)cc1. The summed E-state index contributed by atoms with van der Waals surface area (Å²) in [4.78, 5) is 10.5. The van der Waals surface area contributed by atoms with Gasteiger partial charge in [-0.25, -0.2) is 4.79 Å². The summed E-state index contributed by atoms with van der Waals surface area (Å²) in [5.41, 5.74) is 1.35. The van der Waals surface area contributed by atoms with Crippen LogP contribution < -0.4 is 0 Å². The summed E-state index contributed by atoms with van der Waals surface area (Å²) in [5.74, 6) is -0.888. The molecule has 0 fully saturated rings. The molecule has 1 aromatic rings. The molecule has 0 saturated heterocycles. The summed E-state index contributed by atoms with van der Waals surface area (Å²) < 4.78 is 0. The molecule has 1 rings (SSSR count). The zero-order valence-corrected chi connectivity index (χ0v) is 9.20. The second-order valence-electron chi connectivity index (χ2n) is 2.81. The first-order valence-electron chi connectivity index (χ1n) is 4.30. The Kier molecular flexibility index (Phi) is 4.40. The lowest BCUT2D eigenvalue weighted by atomic mass is 10.1. The number of aromatic carboxylic acids is 1. The molecule has 0 unspecified atom stereocenters. The predicted molar refractivity (Wildman–Crippen MR) is 60.8 cm³/mol. The van der Waals surface area contributed by atoms with Crippen LogP contribution in [0.1, 0.15) is 22.3 Å². The average Bonchev–Trinajstić information content (AvgIpc) is 2.19. The van der Waals surface area contributed by atoms with Gasteiger partial charge in [-0.05, 0) is 24.1 Å². The van der Waals surface area contributed by atoms with E-state index in [9.17, 15) is 4.79 Å². The lowest BCUT2D eigenvalue weighted by Crippen LogP contribution is -1.94. The Morgan fingerprint density at radius 3 is 2.50 bits per heavy atom. The molecule has 1 aromatic carbocycles. The van der Waals surface area contributed by atoms with Crippen LogP contribution in [0.25, 0.3) is 6.08 Å². The number of carbonyl (C=O) groups is 1. The molecule has 3 heteroatoms. The van der Waals surface area contributed by atoms with Crippen LogP contribution >= 0.6 is 15.9 Å². The van der Waals surface area contributed by atoms with E-state index in [0.717, 1.165) is 17.3 Å². The Morgan fingerprint density at radius 2 is 2.00 bits per heavy atom. The zero-order chi connectivity index (χ0) is 10.4. The van der Waals surface area contributed by atoms with Gasteiger partial charge in [-0.15, -0.1) is 0 Å². The van der Waals surface area contributed by atoms with Crippen LogP contribution in [0, 0.1) is 0 Å². The van der Waals surface area contributed by atoms with E-state index in [1.54, 1.807) is 24.3 Å². The van der Waals surface area contributed by atoms with E-state index in [1.165, 1.54) is 0 Å². The van der Waals surface area contributed by atoms with Gasteiger partial charge in [-0.1, -0.05) is 40.2 Å². The van der Waals surface area contributed by atoms with Gasteiger partial charge < -0.3 is 5.11 Å². The van der Waals surface area contributed by atoms with E-state index in [1.807, 2.05) is 12.2 Å². The molecule has 1 N–H and O–H groups in total. The van der Waals surface area contributed by atoms with Crippen molar-refractivity contribution >= 4 is 28.0 Å². The van der Waals surface area contributed by atoms with Gasteiger partial charge in [-0.2, -0.15) is 0 Å². The molecule has 2 nitrogen and oxygen atoms in total. The highest BCUT2D eigenvalue weighted by molar-refractivity contribution is 9.09. The van der Waals surface area contributed by atoms with Crippen molar-refractivity contribution in [1.82, 2.24) is 0 Å². The van der Waals surface area contributed by atoms with Crippen molar-refractivity contribution in [3.05, 3.63) is 41.5 Å². The van der Waals surface area contributed by atoms with Crippen LogP contribution in [0.4, 0.5) is 0 Å². The first kappa shape index (κ1) is 11.0. The second kappa shape index (κ2) is 5.60. The summed E-state index contributed by atoms with van der Waals surface area (Å²) in [6.07, 6.45) is 5.00. The fraction of sp³-hybridized carbons (Fsp3) is 0.182. The molecule has 0 aliphatic rings. The third-order valence-corrected chi connectivity index (χ3v) is 2.20. The highest BCUT2D eigenvalue weighted by atomic mass is 79.9. The fourth-order valence-corrected chi connectivity index (χ4v) is 1.28. The highest BCUT2D eigenvalue weighted by Crippen LogP contribution is 2.06. The topological polar surface area (TPSA) is 37.3 Å². The van der Waals surface area contributed by atoms with E-state index in [4.69, 9.17) is 5.11 Å². The molecule has 0 bridgehead atoms. The maximum absolute atomic E-state index is 10.5. The Bertz CT molecular complexity index is 328. The first-order valence-corrected chi connectivity index (χ1v) is 5.42. The average molecular weight is 255 g/mol. The van der Waals surface area contributed by atoms with Crippen LogP contribution in [-0.2, 0) is 0 Å². The number of carboxylic acids is 1. The van der Waals surface area contributed by atoms with Crippen molar-refractivity contribution in [1.29, 1.82) is 0 Å². The van der Waals surface area contributed by atoms with Crippen LogP contribution in [0.2, 0.25) is 0 Å². The summed E-state index contributed by atoms with van der Waals surface area (Å²) in [6.45, 7) is 0. The second-order valence-corrected chi connectivity index (χ2v) is 3.60. The lowest BCUT2D eigenvalue weighted by molar-refractivity contribution is 0.0697. The largest absolute Gasteiger partial charge is 0.478 e. The maximum atomic E-state index is 10.5. The van der Waals surface area contributed by atoms with Gasteiger partial charge in [0.15, 0.2) is 0 Å². The van der Waals surface area contributed by atoms with Gasteiger partial charge >= 0.3 is 5.97 Å². The van der Waals surface area contributed by atoms with Crippen molar-refractivity contribution in [3.63, 3.8) is 0 Å². The van der Waals surface area contributed by atoms with Crippen molar-refractivity contribution in [2.24, 2.45) is 0 Å². The van der Waals surface area contributed by atoms with Crippen molar-refractivity contribution in [2.45, 2.75) is 6.42 Å². The number of carboxylic acid groups (broad SMARTS) is 1. The summed E-state index contributed by atoms with van der Waals surface area (Å²) in [6, 6.07) is 6.81. The standard InChI is InChI=1S/C11H11BrO2/c12-8-2-1-3-9-4-6-10(7-5-9)11(13)14/h1,3-7H,2,8H2,(H,13,14). The zero-order valence-electron chi connectivity index (χ0n) is 7.61. The number of allylic oxidation sites excluding steroid dienone is 1. The smallest absolute Gasteiger partial charge is 0.335 e. The van der Waals surface area contributed by atoms with Crippen LogP contribution in [0.3, 0.4) is 0 Å². The Balaban J connectivity index is 2.68. The van der Waals surface area contributed by atoms with Gasteiger partial charge in [0.1, 0.15) is 0 Å². The van der Waals surface area contributed by atoms with Crippen LogP contribution in [0.5, 0.6) is 0 Å². The molecule has 0 amide bonds. The molecule has 0 heterocycles. The molecule has 0 saturated carbocycles. The van der Waals surface area contributed by atoms with E-state index in [2.05, 4.69) is 15.9 Å². The van der Waals surface area contributed by atoms with Gasteiger partial charge in [0.2, 0.25) is 0 Å². The Hall–Kier alpha value is -1.09. The molecule has 0 atom stereocenters. The van der Waals surface area contributed by atoms with E-state index < -0.39 is 5.97 Å². The third kappa shape index (κ3) is 3.34. The predicted octanol–water partition coefficient (Wildman–Crippen LogP) is 3.18. The normalized spacial score (nSPS) is 10.6. The molecule has 0 spiro atoms. The number of halogens is 1. The van der Waals surface area contributed by atoms with Gasteiger partial charge in [0.05, 0.1) is 5.56 Å². The Morgan fingerprint density at radius 1 is 1.36 bits per heavy atom.